The topological polar surface area (TPSA) is 24.5 Å². The number of rotatable bonds is 4. The maximum Gasteiger partial charge on any atom is 0.573 e. The van der Waals surface area contributed by atoms with Crippen LogP contribution in [0.1, 0.15) is 22.7 Å². The third kappa shape index (κ3) is 4.50. The average molecular weight is 385 g/mol. The number of hydrogen-bond donors (Lipinski definition) is 1. The van der Waals surface area contributed by atoms with Gasteiger partial charge in [0.25, 0.3) is 0 Å². The molecule has 140 valence electrons. The zero-order chi connectivity index (χ0) is 18.7. The molecule has 7 heteroatoms. The van der Waals surface area contributed by atoms with Crippen molar-refractivity contribution in [2.75, 3.05) is 26.2 Å². The molecular formula is C19H20ClF3N2O. The van der Waals surface area contributed by atoms with E-state index in [1.165, 1.54) is 12.1 Å². The van der Waals surface area contributed by atoms with Crippen LogP contribution in [0.25, 0.3) is 0 Å². The number of nitrogens with one attached hydrogen (secondary N) is 1. The van der Waals surface area contributed by atoms with Gasteiger partial charge in [-0.15, -0.1) is 13.2 Å². The molecule has 1 aliphatic rings. The van der Waals surface area contributed by atoms with Gasteiger partial charge in [-0.25, -0.2) is 0 Å². The van der Waals surface area contributed by atoms with Crippen molar-refractivity contribution in [1.82, 2.24) is 10.2 Å². The van der Waals surface area contributed by atoms with Crippen molar-refractivity contribution in [3.8, 4) is 5.75 Å². The van der Waals surface area contributed by atoms with Crippen LogP contribution in [0.3, 0.4) is 0 Å². The standard InChI is InChI=1S/C19H20ClF3N2O/c1-13-3-2-4-16(20)17(13)18(25-11-9-24-10-12-25)14-5-7-15(8-6-14)26-19(21,22)23/h2-8,18,24H,9-12H2,1H3/t18-/m0/s1. The second kappa shape index (κ2) is 7.86. The van der Waals surface area contributed by atoms with E-state index in [9.17, 15) is 13.2 Å². The van der Waals surface area contributed by atoms with E-state index in [0.717, 1.165) is 42.9 Å². The van der Waals surface area contributed by atoms with Gasteiger partial charge in [0.05, 0.1) is 6.04 Å². The average Bonchev–Trinajstić information content (AvgIpc) is 2.59. The number of halogens is 4. The maximum atomic E-state index is 12.4. The fraction of sp³-hybridized carbons (Fsp3) is 0.368. The summed E-state index contributed by atoms with van der Waals surface area (Å²) in [5, 5.41) is 3.97. The Kier molecular flexibility index (Phi) is 5.75. The molecule has 0 radical (unpaired) electrons. The van der Waals surface area contributed by atoms with Crippen molar-refractivity contribution in [3.63, 3.8) is 0 Å². The second-order valence-electron chi connectivity index (χ2n) is 6.28. The summed E-state index contributed by atoms with van der Waals surface area (Å²) in [6.07, 6.45) is -4.70. The van der Waals surface area contributed by atoms with Crippen molar-refractivity contribution in [3.05, 3.63) is 64.2 Å². The van der Waals surface area contributed by atoms with Crippen LogP contribution in [-0.4, -0.2) is 37.4 Å². The van der Waals surface area contributed by atoms with E-state index in [0.29, 0.717) is 5.02 Å². The van der Waals surface area contributed by atoms with Crippen molar-refractivity contribution < 1.29 is 17.9 Å². The van der Waals surface area contributed by atoms with E-state index in [1.807, 2.05) is 25.1 Å². The highest BCUT2D eigenvalue weighted by Crippen LogP contribution is 2.36. The number of piperazine rings is 1. The number of alkyl halides is 3. The molecule has 2 aromatic carbocycles. The normalized spacial score (nSPS) is 17.1. The zero-order valence-corrected chi connectivity index (χ0v) is 15.1. The quantitative estimate of drug-likeness (QED) is 0.837. The zero-order valence-electron chi connectivity index (χ0n) is 14.3. The molecule has 2 aromatic rings. The van der Waals surface area contributed by atoms with Gasteiger partial charge in [0, 0.05) is 31.2 Å². The maximum absolute atomic E-state index is 12.4. The first-order valence-electron chi connectivity index (χ1n) is 8.40. The minimum atomic E-state index is -4.70. The van der Waals surface area contributed by atoms with Crippen molar-refractivity contribution in [2.45, 2.75) is 19.3 Å². The molecule has 0 bridgehead atoms. The Morgan fingerprint density at radius 2 is 1.73 bits per heavy atom. The van der Waals surface area contributed by atoms with Gasteiger partial charge >= 0.3 is 6.36 Å². The van der Waals surface area contributed by atoms with E-state index in [1.54, 1.807) is 12.1 Å². The number of nitrogens with zero attached hydrogens (tertiary/aromatic N) is 1. The van der Waals surface area contributed by atoms with E-state index < -0.39 is 6.36 Å². The molecule has 1 aliphatic heterocycles. The smallest absolute Gasteiger partial charge is 0.406 e. The van der Waals surface area contributed by atoms with E-state index in [-0.39, 0.29) is 11.8 Å². The van der Waals surface area contributed by atoms with Gasteiger partial charge in [-0.05, 0) is 41.8 Å². The summed E-state index contributed by atoms with van der Waals surface area (Å²) >= 11 is 6.50. The van der Waals surface area contributed by atoms with E-state index in [4.69, 9.17) is 11.6 Å². The minimum Gasteiger partial charge on any atom is -0.406 e. The summed E-state index contributed by atoms with van der Waals surface area (Å²) in [5.74, 6) is -0.226. The molecule has 0 unspecified atom stereocenters. The third-order valence-corrected chi connectivity index (χ3v) is 4.82. The number of benzene rings is 2. The van der Waals surface area contributed by atoms with Gasteiger partial charge < -0.3 is 10.1 Å². The van der Waals surface area contributed by atoms with Gasteiger partial charge in [0.15, 0.2) is 0 Å². The summed E-state index contributed by atoms with van der Waals surface area (Å²) in [7, 11) is 0. The lowest BCUT2D eigenvalue weighted by Crippen LogP contribution is -2.45. The van der Waals surface area contributed by atoms with Crippen LogP contribution in [0.2, 0.25) is 5.02 Å². The second-order valence-corrected chi connectivity index (χ2v) is 6.68. The van der Waals surface area contributed by atoms with Crippen LogP contribution >= 0.6 is 11.6 Å². The fourth-order valence-corrected chi connectivity index (χ4v) is 3.67. The third-order valence-electron chi connectivity index (χ3n) is 4.49. The first-order valence-corrected chi connectivity index (χ1v) is 8.78. The predicted molar refractivity (Wildman–Crippen MR) is 95.6 cm³/mol. The lowest BCUT2D eigenvalue weighted by atomic mass is 9.93. The molecule has 1 atom stereocenters. The van der Waals surface area contributed by atoms with Crippen LogP contribution in [0.5, 0.6) is 5.75 Å². The Bertz CT molecular complexity index is 723. The summed E-state index contributed by atoms with van der Waals surface area (Å²) in [4.78, 5) is 2.30. The molecule has 1 heterocycles. The van der Waals surface area contributed by atoms with Crippen LogP contribution in [0, 0.1) is 6.92 Å². The molecular weight excluding hydrogens is 365 g/mol. The Balaban J connectivity index is 1.98. The molecule has 26 heavy (non-hydrogen) atoms. The Morgan fingerprint density at radius 1 is 1.08 bits per heavy atom. The Hall–Kier alpha value is -1.76. The van der Waals surface area contributed by atoms with Crippen LogP contribution in [0.4, 0.5) is 13.2 Å². The molecule has 0 amide bonds. The van der Waals surface area contributed by atoms with E-state index in [2.05, 4.69) is 15.0 Å². The number of hydrogen-bond acceptors (Lipinski definition) is 3. The van der Waals surface area contributed by atoms with Crippen LogP contribution in [0.15, 0.2) is 42.5 Å². The molecule has 3 nitrogen and oxygen atoms in total. The highest BCUT2D eigenvalue weighted by Gasteiger charge is 2.31. The lowest BCUT2D eigenvalue weighted by Gasteiger charge is -2.36. The lowest BCUT2D eigenvalue weighted by molar-refractivity contribution is -0.274. The van der Waals surface area contributed by atoms with Crippen molar-refractivity contribution in [1.29, 1.82) is 0 Å². The highest BCUT2D eigenvalue weighted by molar-refractivity contribution is 6.31. The summed E-state index contributed by atoms with van der Waals surface area (Å²) in [6.45, 7) is 5.37. The largest absolute Gasteiger partial charge is 0.573 e. The minimum absolute atomic E-state index is 0.120. The Morgan fingerprint density at radius 3 is 2.31 bits per heavy atom. The van der Waals surface area contributed by atoms with Gasteiger partial charge in [-0.3, -0.25) is 4.90 Å². The predicted octanol–water partition coefficient (Wildman–Crippen LogP) is 4.54. The first-order chi connectivity index (χ1) is 12.3. The van der Waals surface area contributed by atoms with Crippen molar-refractivity contribution >= 4 is 11.6 Å². The van der Waals surface area contributed by atoms with Crippen LogP contribution < -0.4 is 10.1 Å². The molecule has 3 rings (SSSR count). The molecule has 1 N–H and O–H groups in total. The number of ether oxygens (including phenoxy) is 1. The van der Waals surface area contributed by atoms with Gasteiger partial charge in [0.2, 0.25) is 0 Å². The molecule has 0 spiro atoms. The van der Waals surface area contributed by atoms with Gasteiger partial charge in [-0.1, -0.05) is 35.9 Å². The summed E-state index contributed by atoms with van der Waals surface area (Å²) in [5.41, 5.74) is 2.93. The first kappa shape index (κ1) is 19.0. The monoisotopic (exact) mass is 384 g/mol. The molecule has 1 fully saturated rings. The molecule has 1 saturated heterocycles. The van der Waals surface area contributed by atoms with Gasteiger partial charge in [0.1, 0.15) is 5.75 Å². The fourth-order valence-electron chi connectivity index (χ4n) is 3.34. The van der Waals surface area contributed by atoms with Crippen LogP contribution in [-0.2, 0) is 0 Å². The van der Waals surface area contributed by atoms with Crippen molar-refractivity contribution in [2.24, 2.45) is 0 Å². The molecule has 0 aliphatic carbocycles. The molecule has 0 aromatic heterocycles. The summed E-state index contributed by atoms with van der Waals surface area (Å²) in [6, 6.07) is 11.7. The SMILES string of the molecule is Cc1cccc(Cl)c1[C@H](c1ccc(OC(F)(F)F)cc1)N1CCNCC1. The summed E-state index contributed by atoms with van der Waals surface area (Å²) < 4.78 is 41.2. The number of aryl methyl sites for hydroxylation is 1. The highest BCUT2D eigenvalue weighted by atomic mass is 35.5. The van der Waals surface area contributed by atoms with Gasteiger partial charge in [-0.2, -0.15) is 0 Å². The van der Waals surface area contributed by atoms with E-state index >= 15 is 0 Å². The Labute approximate surface area is 155 Å². The molecule has 0 saturated carbocycles.